The molecule has 9 nitrogen and oxygen atoms in total. The standard InChI is InChI=1S/C26H34F3N5O4/c1-25(2,3)38-24(37)31-12-7-5-4-6-11-30-22(35)20-16-21-23(36)33(13-14-34(21)32-20)17-18-9-8-10-19(15-18)26(27,28)29/h8-10,15-16H,4-7,11-14,17H2,1-3H3,(H,30,35)(H,31,37). The van der Waals surface area contributed by atoms with E-state index in [9.17, 15) is 27.6 Å². The molecule has 0 saturated heterocycles. The Morgan fingerprint density at radius 1 is 1.00 bits per heavy atom. The van der Waals surface area contributed by atoms with Crippen LogP contribution in [-0.4, -0.2) is 57.8 Å². The lowest BCUT2D eigenvalue weighted by Crippen LogP contribution is -2.39. The number of nitrogens with one attached hydrogen (secondary N) is 2. The predicted octanol–water partition coefficient (Wildman–Crippen LogP) is 4.37. The smallest absolute Gasteiger partial charge is 0.416 e. The monoisotopic (exact) mass is 537 g/mol. The Morgan fingerprint density at radius 3 is 2.34 bits per heavy atom. The molecule has 0 bridgehead atoms. The molecule has 208 valence electrons. The van der Waals surface area contributed by atoms with Gasteiger partial charge in [-0.25, -0.2) is 4.79 Å². The molecule has 0 aliphatic carbocycles. The predicted molar refractivity (Wildman–Crippen MR) is 133 cm³/mol. The molecular formula is C26H34F3N5O4. The van der Waals surface area contributed by atoms with Crippen LogP contribution >= 0.6 is 0 Å². The lowest BCUT2D eigenvalue weighted by atomic mass is 10.1. The van der Waals surface area contributed by atoms with Crippen LogP contribution in [0.4, 0.5) is 18.0 Å². The Kier molecular flexibility index (Phi) is 9.40. The van der Waals surface area contributed by atoms with Crippen molar-refractivity contribution < 1.29 is 32.3 Å². The lowest BCUT2D eigenvalue weighted by Gasteiger charge is -2.27. The van der Waals surface area contributed by atoms with Crippen LogP contribution in [0.3, 0.4) is 0 Å². The minimum Gasteiger partial charge on any atom is -0.444 e. The first kappa shape index (κ1) is 29.0. The number of hydrogen-bond acceptors (Lipinski definition) is 5. The van der Waals surface area contributed by atoms with Gasteiger partial charge in [0.25, 0.3) is 11.8 Å². The van der Waals surface area contributed by atoms with Gasteiger partial charge in [0.2, 0.25) is 0 Å². The maximum Gasteiger partial charge on any atom is 0.416 e. The number of fused-ring (bicyclic) bond motifs is 1. The number of benzene rings is 1. The second kappa shape index (κ2) is 12.3. The van der Waals surface area contributed by atoms with Crippen molar-refractivity contribution in [2.24, 2.45) is 0 Å². The highest BCUT2D eigenvalue weighted by atomic mass is 19.4. The highest BCUT2D eigenvalue weighted by molar-refractivity contribution is 5.98. The van der Waals surface area contributed by atoms with E-state index in [0.29, 0.717) is 25.2 Å². The summed E-state index contributed by atoms with van der Waals surface area (Å²) >= 11 is 0. The van der Waals surface area contributed by atoms with Gasteiger partial charge in [-0.3, -0.25) is 14.3 Å². The number of amides is 3. The second-order valence-electron chi connectivity index (χ2n) is 10.2. The zero-order valence-corrected chi connectivity index (χ0v) is 21.9. The van der Waals surface area contributed by atoms with Crippen LogP contribution < -0.4 is 10.6 Å². The molecule has 1 aliphatic rings. The minimum atomic E-state index is -4.46. The summed E-state index contributed by atoms with van der Waals surface area (Å²) in [4.78, 5) is 38.5. The Morgan fingerprint density at radius 2 is 1.68 bits per heavy atom. The van der Waals surface area contributed by atoms with Crippen molar-refractivity contribution in [3.63, 3.8) is 0 Å². The number of unbranched alkanes of at least 4 members (excludes halogenated alkanes) is 3. The molecule has 0 fully saturated rings. The van der Waals surface area contributed by atoms with Crippen LogP contribution in [0.5, 0.6) is 0 Å². The minimum absolute atomic E-state index is 0.0305. The fraction of sp³-hybridized carbons (Fsp3) is 0.538. The van der Waals surface area contributed by atoms with Crippen LogP contribution in [0.2, 0.25) is 0 Å². The number of carbonyl (C=O) groups excluding carboxylic acids is 3. The van der Waals surface area contributed by atoms with Gasteiger partial charge in [0.15, 0.2) is 5.69 Å². The number of ether oxygens (including phenoxy) is 1. The third-order valence-electron chi connectivity index (χ3n) is 5.79. The quantitative estimate of drug-likeness (QED) is 0.438. The van der Waals surface area contributed by atoms with E-state index in [-0.39, 0.29) is 30.4 Å². The Balaban J connectivity index is 1.41. The summed E-state index contributed by atoms with van der Waals surface area (Å²) in [6, 6.07) is 6.31. The first-order valence-electron chi connectivity index (χ1n) is 12.6. The fourth-order valence-electron chi connectivity index (χ4n) is 3.97. The van der Waals surface area contributed by atoms with Crippen molar-refractivity contribution in [2.45, 2.75) is 71.3 Å². The zero-order valence-electron chi connectivity index (χ0n) is 21.9. The average Bonchev–Trinajstić information content (AvgIpc) is 3.26. The molecule has 12 heteroatoms. The number of rotatable bonds is 10. The zero-order chi connectivity index (χ0) is 27.9. The van der Waals surface area contributed by atoms with Gasteiger partial charge < -0.3 is 20.3 Å². The van der Waals surface area contributed by atoms with Crippen molar-refractivity contribution in [2.75, 3.05) is 19.6 Å². The number of halogens is 3. The van der Waals surface area contributed by atoms with Gasteiger partial charge in [0.05, 0.1) is 12.1 Å². The fourth-order valence-corrected chi connectivity index (χ4v) is 3.97. The maximum absolute atomic E-state index is 13.0. The Hall–Kier alpha value is -3.57. The first-order chi connectivity index (χ1) is 17.8. The molecule has 0 radical (unpaired) electrons. The summed E-state index contributed by atoms with van der Waals surface area (Å²) in [5.41, 5.74) is -0.572. The van der Waals surface area contributed by atoms with Crippen LogP contribution in [-0.2, 0) is 24.0 Å². The summed E-state index contributed by atoms with van der Waals surface area (Å²) in [6.07, 6.45) is -1.62. The van der Waals surface area contributed by atoms with Crippen LogP contribution in [0.1, 0.15) is 78.6 Å². The summed E-state index contributed by atoms with van der Waals surface area (Å²) in [5, 5.41) is 9.72. The van der Waals surface area contributed by atoms with Crippen molar-refractivity contribution >= 4 is 17.9 Å². The van der Waals surface area contributed by atoms with Gasteiger partial charge in [-0.2, -0.15) is 18.3 Å². The molecule has 1 aromatic carbocycles. The molecule has 0 saturated carbocycles. The normalized spacial score (nSPS) is 13.7. The van der Waals surface area contributed by atoms with Crippen molar-refractivity contribution in [3.05, 3.63) is 52.8 Å². The van der Waals surface area contributed by atoms with Crippen molar-refractivity contribution in [1.82, 2.24) is 25.3 Å². The summed E-state index contributed by atoms with van der Waals surface area (Å²) in [6.45, 7) is 7.00. The van der Waals surface area contributed by atoms with Gasteiger partial charge in [-0.1, -0.05) is 25.0 Å². The van der Waals surface area contributed by atoms with Gasteiger partial charge >= 0.3 is 12.3 Å². The van der Waals surface area contributed by atoms with Crippen LogP contribution in [0.15, 0.2) is 30.3 Å². The van der Waals surface area contributed by atoms with E-state index in [1.165, 1.54) is 21.7 Å². The van der Waals surface area contributed by atoms with E-state index in [1.807, 2.05) is 0 Å². The molecule has 2 aromatic rings. The molecule has 3 rings (SSSR count). The Labute approximate surface area is 219 Å². The van der Waals surface area contributed by atoms with Crippen molar-refractivity contribution in [3.8, 4) is 0 Å². The topological polar surface area (TPSA) is 106 Å². The Bertz CT molecular complexity index is 1140. The largest absolute Gasteiger partial charge is 0.444 e. The van der Waals surface area contributed by atoms with E-state index >= 15 is 0 Å². The average molecular weight is 538 g/mol. The molecule has 0 unspecified atom stereocenters. The van der Waals surface area contributed by atoms with E-state index in [1.54, 1.807) is 26.8 Å². The van der Waals surface area contributed by atoms with Gasteiger partial charge in [-0.15, -0.1) is 0 Å². The van der Waals surface area contributed by atoms with Gasteiger partial charge in [0, 0.05) is 32.2 Å². The first-order valence-corrected chi connectivity index (χ1v) is 12.6. The van der Waals surface area contributed by atoms with E-state index in [0.717, 1.165) is 37.8 Å². The van der Waals surface area contributed by atoms with Crippen molar-refractivity contribution in [1.29, 1.82) is 0 Å². The summed E-state index contributed by atoms with van der Waals surface area (Å²) in [5.74, 6) is -0.782. The molecular weight excluding hydrogens is 503 g/mol. The van der Waals surface area contributed by atoms with Gasteiger partial charge in [-0.05, 0) is 51.3 Å². The number of carbonyl (C=O) groups is 3. The van der Waals surface area contributed by atoms with E-state index in [2.05, 4.69) is 15.7 Å². The third kappa shape index (κ3) is 8.49. The van der Waals surface area contributed by atoms with E-state index in [4.69, 9.17) is 4.74 Å². The summed E-state index contributed by atoms with van der Waals surface area (Å²) in [7, 11) is 0. The van der Waals surface area contributed by atoms with E-state index < -0.39 is 29.3 Å². The van der Waals surface area contributed by atoms with Gasteiger partial charge in [0.1, 0.15) is 11.3 Å². The molecule has 38 heavy (non-hydrogen) atoms. The number of alkyl carbamates (subject to hydrolysis) is 1. The molecule has 0 spiro atoms. The second-order valence-corrected chi connectivity index (χ2v) is 10.2. The number of nitrogens with zero attached hydrogens (tertiary/aromatic N) is 3. The number of alkyl halides is 3. The molecule has 0 atom stereocenters. The molecule has 3 amide bonds. The lowest BCUT2D eigenvalue weighted by molar-refractivity contribution is -0.137. The summed E-state index contributed by atoms with van der Waals surface area (Å²) < 4.78 is 45.6. The molecule has 1 aromatic heterocycles. The molecule has 2 heterocycles. The number of hydrogen-bond donors (Lipinski definition) is 2. The molecule has 1 aliphatic heterocycles. The highest BCUT2D eigenvalue weighted by Crippen LogP contribution is 2.30. The highest BCUT2D eigenvalue weighted by Gasteiger charge is 2.31. The number of aromatic nitrogens is 2. The molecule has 2 N–H and O–H groups in total. The van der Waals surface area contributed by atoms with Crippen LogP contribution in [0.25, 0.3) is 0 Å². The third-order valence-corrected chi connectivity index (χ3v) is 5.79. The SMILES string of the molecule is CC(C)(C)OC(=O)NCCCCCCNC(=O)c1cc2n(n1)CCN(Cc1cccc(C(F)(F)F)c1)C2=O. The maximum atomic E-state index is 13.0. The van der Waals surface area contributed by atoms with Crippen LogP contribution in [0, 0.1) is 0 Å².